The van der Waals surface area contributed by atoms with Crippen molar-refractivity contribution in [1.82, 2.24) is 14.9 Å². The van der Waals surface area contributed by atoms with E-state index in [1.165, 1.54) is 12.1 Å². The Balaban J connectivity index is 1.33. The topological polar surface area (TPSA) is 74.0 Å². The van der Waals surface area contributed by atoms with E-state index in [0.29, 0.717) is 26.1 Å². The second-order valence-electron chi connectivity index (χ2n) is 7.31. The summed E-state index contributed by atoms with van der Waals surface area (Å²) in [6, 6.07) is 16.0. The maximum atomic E-state index is 13.9. The van der Waals surface area contributed by atoms with E-state index in [1.54, 1.807) is 18.6 Å². The molecule has 1 aliphatic heterocycles. The number of halogens is 1. The molecule has 1 atom stereocenters. The summed E-state index contributed by atoms with van der Waals surface area (Å²) in [5.41, 5.74) is 2.74. The average molecular weight is 403 g/mol. The molecular weight excluding hydrogens is 381 g/mol. The van der Waals surface area contributed by atoms with Crippen molar-refractivity contribution in [3.8, 4) is 6.07 Å². The van der Waals surface area contributed by atoms with Gasteiger partial charge in [0.25, 0.3) is 0 Å². The van der Waals surface area contributed by atoms with Crippen LogP contribution in [0.25, 0.3) is 0 Å². The van der Waals surface area contributed by atoms with Gasteiger partial charge in [-0.2, -0.15) is 5.26 Å². The number of nitrogens with one attached hydrogen (secondary N) is 1. The lowest BCUT2D eigenvalue weighted by Crippen LogP contribution is -2.39. The van der Waals surface area contributed by atoms with E-state index >= 15 is 0 Å². The molecule has 30 heavy (non-hydrogen) atoms. The lowest BCUT2D eigenvalue weighted by Gasteiger charge is -2.17. The molecule has 7 heteroatoms. The summed E-state index contributed by atoms with van der Waals surface area (Å²) in [7, 11) is 0. The number of aromatic nitrogens is 2. The SMILES string of the molecule is N#Cc1ccc(Cn2cncc2CCNC2CCN(c3ccccc3)C2=O)cc1F. The quantitative estimate of drug-likeness (QED) is 0.658. The molecule has 0 saturated carbocycles. The number of hydrogen-bond acceptors (Lipinski definition) is 4. The summed E-state index contributed by atoms with van der Waals surface area (Å²) in [6.45, 7) is 1.83. The highest BCUT2D eigenvalue weighted by Gasteiger charge is 2.31. The Morgan fingerprint density at radius 1 is 1.23 bits per heavy atom. The normalized spacial score (nSPS) is 16.1. The summed E-state index contributed by atoms with van der Waals surface area (Å²) in [6.07, 6.45) is 4.98. The van der Waals surface area contributed by atoms with Crippen LogP contribution in [0.5, 0.6) is 0 Å². The van der Waals surface area contributed by atoms with Gasteiger partial charge >= 0.3 is 0 Å². The number of carbonyl (C=O) groups is 1. The van der Waals surface area contributed by atoms with E-state index in [2.05, 4.69) is 10.3 Å². The zero-order valence-electron chi connectivity index (χ0n) is 16.5. The number of imidazole rings is 1. The molecule has 2 aromatic carbocycles. The van der Waals surface area contributed by atoms with E-state index in [1.807, 2.05) is 45.9 Å². The first-order valence-corrected chi connectivity index (χ1v) is 9.93. The van der Waals surface area contributed by atoms with Crippen molar-refractivity contribution in [2.75, 3.05) is 18.0 Å². The lowest BCUT2D eigenvalue weighted by atomic mass is 10.1. The number of hydrogen-bond donors (Lipinski definition) is 1. The minimum atomic E-state index is -0.513. The van der Waals surface area contributed by atoms with E-state index in [4.69, 9.17) is 5.26 Å². The molecule has 0 spiro atoms. The van der Waals surface area contributed by atoms with Crippen molar-refractivity contribution < 1.29 is 9.18 Å². The van der Waals surface area contributed by atoms with Gasteiger partial charge in [-0.3, -0.25) is 4.79 Å². The van der Waals surface area contributed by atoms with Crippen molar-refractivity contribution >= 4 is 11.6 Å². The van der Waals surface area contributed by atoms with Gasteiger partial charge in [0.15, 0.2) is 0 Å². The molecule has 1 aromatic heterocycles. The molecule has 2 heterocycles. The summed E-state index contributed by atoms with van der Waals surface area (Å²) in [4.78, 5) is 18.7. The van der Waals surface area contributed by atoms with Crippen LogP contribution in [0.2, 0.25) is 0 Å². The Morgan fingerprint density at radius 2 is 2.07 bits per heavy atom. The highest BCUT2D eigenvalue weighted by Crippen LogP contribution is 2.21. The maximum absolute atomic E-state index is 13.9. The monoisotopic (exact) mass is 403 g/mol. The van der Waals surface area contributed by atoms with Gasteiger partial charge in [-0.05, 0) is 36.2 Å². The van der Waals surface area contributed by atoms with Crippen molar-refractivity contribution in [3.63, 3.8) is 0 Å². The predicted octanol–water partition coefficient (Wildman–Crippen LogP) is 2.88. The fraction of sp³-hybridized carbons (Fsp3) is 0.261. The zero-order chi connectivity index (χ0) is 20.9. The molecule has 1 saturated heterocycles. The highest BCUT2D eigenvalue weighted by molar-refractivity contribution is 5.99. The number of carbonyl (C=O) groups excluding carboxylic acids is 1. The van der Waals surface area contributed by atoms with Gasteiger partial charge in [0.05, 0.1) is 17.9 Å². The van der Waals surface area contributed by atoms with Crippen LogP contribution in [0.4, 0.5) is 10.1 Å². The number of anilines is 1. The molecule has 152 valence electrons. The Hall–Kier alpha value is -3.50. The standard InChI is InChI=1S/C23H22FN5O/c24-21-12-17(6-7-18(21)13-25)15-28-16-26-14-20(28)8-10-27-22-9-11-29(23(22)30)19-4-2-1-3-5-19/h1-7,12,14,16,22,27H,8-11,15H2. The van der Waals surface area contributed by atoms with Crippen molar-refractivity contribution in [2.45, 2.75) is 25.4 Å². The third-order valence-electron chi connectivity index (χ3n) is 5.35. The van der Waals surface area contributed by atoms with E-state index in [-0.39, 0.29) is 17.5 Å². The Bertz CT molecular complexity index is 1070. The van der Waals surface area contributed by atoms with Crippen molar-refractivity contribution in [1.29, 1.82) is 5.26 Å². The molecule has 1 fully saturated rings. The fourth-order valence-corrected chi connectivity index (χ4v) is 3.75. The number of para-hydroxylation sites is 1. The van der Waals surface area contributed by atoms with Crippen LogP contribution >= 0.6 is 0 Å². The lowest BCUT2D eigenvalue weighted by molar-refractivity contribution is -0.118. The van der Waals surface area contributed by atoms with Crippen LogP contribution in [-0.4, -0.2) is 34.6 Å². The molecule has 1 unspecified atom stereocenters. The first-order chi connectivity index (χ1) is 14.7. The molecule has 1 amide bonds. The van der Waals surface area contributed by atoms with Gasteiger partial charge in [-0.25, -0.2) is 9.37 Å². The minimum Gasteiger partial charge on any atom is -0.330 e. The van der Waals surface area contributed by atoms with Gasteiger partial charge in [-0.15, -0.1) is 0 Å². The number of nitrogens with zero attached hydrogens (tertiary/aromatic N) is 4. The molecule has 0 aliphatic carbocycles. The van der Waals surface area contributed by atoms with Crippen LogP contribution in [0.3, 0.4) is 0 Å². The molecule has 1 N–H and O–H groups in total. The average Bonchev–Trinajstić information content (AvgIpc) is 3.35. The first kappa shape index (κ1) is 19.8. The van der Waals surface area contributed by atoms with E-state index in [0.717, 1.165) is 23.4 Å². The largest absolute Gasteiger partial charge is 0.330 e. The number of rotatable bonds is 7. The summed E-state index contributed by atoms with van der Waals surface area (Å²) < 4.78 is 15.8. The smallest absolute Gasteiger partial charge is 0.244 e. The number of nitriles is 1. The second kappa shape index (κ2) is 8.89. The fourth-order valence-electron chi connectivity index (χ4n) is 3.75. The molecule has 0 radical (unpaired) electrons. The van der Waals surface area contributed by atoms with Gasteiger partial charge in [0.1, 0.15) is 11.9 Å². The third kappa shape index (κ3) is 4.24. The number of benzene rings is 2. The molecular formula is C23H22FN5O. The van der Waals surface area contributed by atoms with E-state index in [9.17, 15) is 9.18 Å². The molecule has 0 bridgehead atoms. The molecule has 3 aromatic rings. The Morgan fingerprint density at radius 3 is 2.83 bits per heavy atom. The summed E-state index contributed by atoms with van der Waals surface area (Å²) in [5.74, 6) is -0.413. The maximum Gasteiger partial charge on any atom is 0.244 e. The molecule has 6 nitrogen and oxygen atoms in total. The summed E-state index contributed by atoms with van der Waals surface area (Å²) in [5, 5.41) is 12.2. The Labute approximate surface area is 174 Å². The number of amides is 1. The van der Waals surface area contributed by atoms with Gasteiger partial charge < -0.3 is 14.8 Å². The van der Waals surface area contributed by atoms with Crippen molar-refractivity contribution in [2.24, 2.45) is 0 Å². The Kier molecular flexibility index (Phi) is 5.87. The van der Waals surface area contributed by atoms with E-state index < -0.39 is 5.82 Å². The van der Waals surface area contributed by atoms with Crippen LogP contribution < -0.4 is 10.2 Å². The van der Waals surface area contributed by atoms with Gasteiger partial charge in [0, 0.05) is 43.6 Å². The highest BCUT2D eigenvalue weighted by atomic mass is 19.1. The van der Waals surface area contributed by atoms with Gasteiger partial charge in [0.2, 0.25) is 5.91 Å². The molecule has 4 rings (SSSR count). The third-order valence-corrected chi connectivity index (χ3v) is 5.35. The summed E-state index contributed by atoms with van der Waals surface area (Å²) >= 11 is 0. The predicted molar refractivity (Wildman–Crippen MR) is 111 cm³/mol. The van der Waals surface area contributed by atoms with Gasteiger partial charge in [-0.1, -0.05) is 24.3 Å². The van der Waals surface area contributed by atoms with Crippen LogP contribution in [0, 0.1) is 17.1 Å². The van der Waals surface area contributed by atoms with Crippen LogP contribution in [-0.2, 0) is 17.8 Å². The second-order valence-corrected chi connectivity index (χ2v) is 7.31. The molecule has 1 aliphatic rings. The zero-order valence-corrected chi connectivity index (χ0v) is 16.5. The van der Waals surface area contributed by atoms with Crippen molar-refractivity contribution in [3.05, 3.63) is 83.7 Å². The first-order valence-electron chi connectivity index (χ1n) is 9.93. The van der Waals surface area contributed by atoms with Crippen LogP contribution in [0.1, 0.15) is 23.2 Å². The van der Waals surface area contributed by atoms with Crippen LogP contribution in [0.15, 0.2) is 61.1 Å². The minimum absolute atomic E-state index is 0.0413.